The molecule has 0 bridgehead atoms. The van der Waals surface area contributed by atoms with Gasteiger partial charge in [-0.25, -0.2) is 4.79 Å². The van der Waals surface area contributed by atoms with E-state index in [9.17, 15) is 19.2 Å². The number of nitrogen functional groups attached to an aromatic ring is 1. The number of esters is 1. The number of nitrogens with zero attached hydrogens (tertiary/aromatic N) is 2. The van der Waals surface area contributed by atoms with Gasteiger partial charge in [0.05, 0.1) is 50.3 Å². The molecule has 0 saturated heterocycles. The van der Waals surface area contributed by atoms with Gasteiger partial charge >= 0.3 is 5.97 Å². The van der Waals surface area contributed by atoms with Crippen molar-refractivity contribution in [3.63, 3.8) is 0 Å². The first-order valence-electron chi connectivity index (χ1n) is 14.4. The minimum atomic E-state index is -1.08. The number of carbonyl (C=O) groups excluding carboxylic acids is 4. The van der Waals surface area contributed by atoms with Gasteiger partial charge in [-0.3, -0.25) is 14.4 Å². The van der Waals surface area contributed by atoms with Crippen molar-refractivity contribution in [2.45, 2.75) is 25.6 Å². The second kappa shape index (κ2) is 13.1. The molecule has 0 radical (unpaired) electrons. The molecule has 4 aromatic rings. The topological polar surface area (TPSA) is 143 Å². The summed E-state index contributed by atoms with van der Waals surface area (Å²) in [5.41, 5.74) is 8.80. The lowest BCUT2D eigenvalue weighted by atomic mass is 10.00. The van der Waals surface area contributed by atoms with Crippen LogP contribution in [0.15, 0.2) is 78.9 Å². The molecule has 4 aromatic carbocycles. The van der Waals surface area contributed by atoms with Crippen LogP contribution in [0, 0.1) is 0 Å². The summed E-state index contributed by atoms with van der Waals surface area (Å²) in [6.45, 7) is 1.63. The first kappa shape index (κ1) is 31.0. The van der Waals surface area contributed by atoms with Crippen LogP contribution in [-0.2, 0) is 20.9 Å². The van der Waals surface area contributed by atoms with E-state index in [2.05, 4.69) is 10.6 Å². The molecule has 1 aliphatic heterocycles. The summed E-state index contributed by atoms with van der Waals surface area (Å²) in [4.78, 5) is 56.8. The van der Waals surface area contributed by atoms with Crippen LogP contribution >= 0.6 is 0 Å². The maximum Gasteiger partial charge on any atom is 0.337 e. The van der Waals surface area contributed by atoms with Crippen LogP contribution in [0.2, 0.25) is 0 Å². The lowest BCUT2D eigenvalue weighted by Crippen LogP contribution is -2.55. The van der Waals surface area contributed by atoms with E-state index in [0.717, 1.165) is 10.8 Å². The van der Waals surface area contributed by atoms with Crippen LogP contribution in [0.25, 0.3) is 10.8 Å². The number of ether oxygens (including phenoxy) is 2. The summed E-state index contributed by atoms with van der Waals surface area (Å²) in [6, 6.07) is 20.8. The molecular weight excluding hydrogens is 574 g/mol. The summed E-state index contributed by atoms with van der Waals surface area (Å²) < 4.78 is 10.6. The van der Waals surface area contributed by atoms with E-state index in [0.29, 0.717) is 39.5 Å². The predicted octanol–water partition coefficient (Wildman–Crippen LogP) is 3.50. The SMILES string of the molecule is CNC(C)C(=O)NC1CN(C(=O)c2ccc(N)cc2)c2ccccc2N(Cc2c(OC)ccc3cc(C(=O)OC)ccc23)C1=O. The maximum atomic E-state index is 14.5. The van der Waals surface area contributed by atoms with Gasteiger partial charge in [0.15, 0.2) is 0 Å². The Labute approximate surface area is 260 Å². The number of amides is 3. The predicted molar refractivity (Wildman–Crippen MR) is 172 cm³/mol. The number of nitrogens with one attached hydrogen (secondary N) is 2. The van der Waals surface area contributed by atoms with Gasteiger partial charge in [-0.2, -0.15) is 0 Å². The Hall–Kier alpha value is -5.42. The van der Waals surface area contributed by atoms with Gasteiger partial charge in [-0.1, -0.05) is 24.3 Å². The summed E-state index contributed by atoms with van der Waals surface area (Å²) >= 11 is 0. The average molecular weight is 610 g/mol. The fourth-order valence-corrected chi connectivity index (χ4v) is 5.39. The van der Waals surface area contributed by atoms with Crippen molar-refractivity contribution in [2.24, 2.45) is 0 Å². The number of likely N-dealkylation sites (N-methyl/N-ethyl adjacent to an activating group) is 1. The molecule has 0 saturated carbocycles. The van der Waals surface area contributed by atoms with Crippen molar-refractivity contribution >= 4 is 51.5 Å². The molecule has 3 amide bonds. The number of carbonyl (C=O) groups is 4. The van der Waals surface area contributed by atoms with Crippen molar-refractivity contribution in [1.82, 2.24) is 10.6 Å². The molecule has 11 nitrogen and oxygen atoms in total. The summed E-state index contributed by atoms with van der Waals surface area (Å²) in [5, 5.41) is 7.26. The van der Waals surface area contributed by atoms with E-state index in [1.165, 1.54) is 12.0 Å². The number of hydrogen-bond acceptors (Lipinski definition) is 8. The fourth-order valence-electron chi connectivity index (χ4n) is 5.39. The number of nitrogens with two attached hydrogens (primary N) is 1. The Balaban J connectivity index is 1.65. The van der Waals surface area contributed by atoms with Gasteiger partial charge in [0, 0.05) is 16.8 Å². The number of methoxy groups -OCH3 is 2. The molecule has 4 N–H and O–H groups in total. The van der Waals surface area contributed by atoms with E-state index < -0.39 is 24.0 Å². The molecule has 0 fully saturated rings. The molecule has 0 spiro atoms. The van der Waals surface area contributed by atoms with Crippen molar-refractivity contribution in [2.75, 3.05) is 43.3 Å². The highest BCUT2D eigenvalue weighted by Gasteiger charge is 2.38. The van der Waals surface area contributed by atoms with E-state index >= 15 is 0 Å². The number of para-hydroxylation sites is 2. The zero-order chi connectivity index (χ0) is 32.2. The molecule has 1 heterocycles. The molecule has 11 heteroatoms. The number of anilines is 3. The van der Waals surface area contributed by atoms with E-state index in [-0.39, 0.29) is 24.9 Å². The smallest absolute Gasteiger partial charge is 0.337 e. The van der Waals surface area contributed by atoms with E-state index in [1.54, 1.807) is 98.8 Å². The zero-order valence-corrected chi connectivity index (χ0v) is 25.5. The van der Waals surface area contributed by atoms with Crippen LogP contribution in [0.1, 0.15) is 33.2 Å². The third-order valence-electron chi connectivity index (χ3n) is 7.98. The maximum absolute atomic E-state index is 14.5. The van der Waals surface area contributed by atoms with Gasteiger partial charge in [0.2, 0.25) is 5.91 Å². The standard InChI is InChI=1S/C34H35N5O6/c1-20(36-2)31(40)37-27-19-39(32(41)21-9-13-24(35)14-10-21)29-8-6-5-7-28(29)38(33(27)42)18-26-25-15-11-23(34(43)45-4)17-22(25)12-16-30(26)44-3/h5-17,20,27,36H,18-19,35H2,1-4H3,(H,37,40). The highest BCUT2D eigenvalue weighted by molar-refractivity contribution is 6.13. The molecule has 0 aliphatic carbocycles. The first-order valence-corrected chi connectivity index (χ1v) is 14.4. The largest absolute Gasteiger partial charge is 0.496 e. The summed E-state index contributed by atoms with van der Waals surface area (Å²) in [5.74, 6) is -1.08. The van der Waals surface area contributed by atoms with Gasteiger partial charge < -0.3 is 35.6 Å². The van der Waals surface area contributed by atoms with Crippen LogP contribution in [-0.4, -0.2) is 63.6 Å². The van der Waals surface area contributed by atoms with Crippen molar-refractivity contribution < 1.29 is 28.7 Å². The Morgan fingerprint density at radius 1 is 0.956 bits per heavy atom. The quantitative estimate of drug-likeness (QED) is 0.204. The molecule has 1 aliphatic rings. The highest BCUT2D eigenvalue weighted by atomic mass is 16.5. The average Bonchev–Trinajstić information content (AvgIpc) is 3.18. The lowest BCUT2D eigenvalue weighted by Gasteiger charge is -2.27. The Bertz CT molecular complexity index is 1770. The fraction of sp³-hybridized carbons (Fsp3) is 0.235. The van der Waals surface area contributed by atoms with Crippen LogP contribution in [0.3, 0.4) is 0 Å². The van der Waals surface area contributed by atoms with E-state index in [4.69, 9.17) is 15.2 Å². The van der Waals surface area contributed by atoms with Gasteiger partial charge in [-0.05, 0) is 79.3 Å². The van der Waals surface area contributed by atoms with Gasteiger partial charge in [0.25, 0.3) is 11.8 Å². The number of rotatable bonds is 8. The number of benzene rings is 4. The summed E-state index contributed by atoms with van der Waals surface area (Å²) in [6.07, 6.45) is 0. The minimum Gasteiger partial charge on any atom is -0.496 e. The van der Waals surface area contributed by atoms with Crippen LogP contribution < -0.4 is 30.9 Å². The summed E-state index contributed by atoms with van der Waals surface area (Å²) in [7, 11) is 4.51. The molecule has 0 aromatic heterocycles. The van der Waals surface area contributed by atoms with Crippen LogP contribution in [0.5, 0.6) is 5.75 Å². The molecule has 5 rings (SSSR count). The van der Waals surface area contributed by atoms with E-state index in [1.807, 2.05) is 6.07 Å². The molecule has 2 unspecified atom stereocenters. The normalized spacial score (nSPS) is 15.2. The van der Waals surface area contributed by atoms with Gasteiger partial charge in [0.1, 0.15) is 11.8 Å². The molecule has 45 heavy (non-hydrogen) atoms. The lowest BCUT2D eigenvalue weighted by molar-refractivity contribution is -0.128. The Kier molecular flexibility index (Phi) is 9.01. The third-order valence-corrected chi connectivity index (χ3v) is 7.98. The minimum absolute atomic E-state index is 0.0474. The Morgan fingerprint density at radius 2 is 1.64 bits per heavy atom. The third kappa shape index (κ3) is 6.16. The second-order valence-electron chi connectivity index (χ2n) is 10.7. The zero-order valence-electron chi connectivity index (χ0n) is 25.5. The van der Waals surface area contributed by atoms with Crippen LogP contribution in [0.4, 0.5) is 17.1 Å². The molecular formula is C34H35N5O6. The monoisotopic (exact) mass is 609 g/mol. The second-order valence-corrected chi connectivity index (χ2v) is 10.7. The number of hydrogen-bond donors (Lipinski definition) is 3. The number of fused-ring (bicyclic) bond motifs is 2. The van der Waals surface area contributed by atoms with Crippen molar-refractivity contribution in [3.05, 3.63) is 95.6 Å². The highest BCUT2D eigenvalue weighted by Crippen LogP contribution is 2.38. The van der Waals surface area contributed by atoms with Crippen molar-refractivity contribution in [3.8, 4) is 5.75 Å². The molecule has 232 valence electrons. The molecule has 2 atom stereocenters. The first-order chi connectivity index (χ1) is 21.7. The van der Waals surface area contributed by atoms with Gasteiger partial charge in [-0.15, -0.1) is 0 Å². The van der Waals surface area contributed by atoms with Crippen molar-refractivity contribution in [1.29, 1.82) is 0 Å². The Morgan fingerprint density at radius 3 is 2.31 bits per heavy atom.